The molecular weight excluding hydrogens is 330 g/mol. The largest absolute Gasteiger partial charge is 0.465 e. The summed E-state index contributed by atoms with van der Waals surface area (Å²) in [6.45, 7) is 1.69. The molecule has 126 valence electrons. The normalized spacial score (nSPS) is 11.0. The lowest BCUT2D eigenvalue weighted by molar-refractivity contribution is 0.0599. The van der Waals surface area contributed by atoms with E-state index >= 15 is 0 Å². The number of hydrogen-bond acceptors (Lipinski definition) is 5. The van der Waals surface area contributed by atoms with Crippen LogP contribution in [0.4, 0.5) is 5.69 Å². The maximum Gasteiger partial charge on any atom is 0.338 e. The van der Waals surface area contributed by atoms with Crippen molar-refractivity contribution in [3.05, 3.63) is 59.2 Å². The number of methoxy groups -OCH3 is 1. The minimum atomic E-state index is -3.40. The van der Waals surface area contributed by atoms with E-state index in [-0.39, 0.29) is 10.5 Å². The van der Waals surface area contributed by atoms with Gasteiger partial charge in [0.1, 0.15) is 0 Å². The predicted octanol–water partition coefficient (Wildman–Crippen LogP) is 2.44. The van der Waals surface area contributed by atoms with Gasteiger partial charge in [-0.15, -0.1) is 0 Å². The smallest absolute Gasteiger partial charge is 0.338 e. The SMILES string of the molecule is COC(=O)c1cccc(NC(=O)c2cccc(S(C)(=O)=O)c2)c1C. The Bertz CT molecular complexity index is 903. The lowest BCUT2D eigenvalue weighted by Gasteiger charge is -2.11. The van der Waals surface area contributed by atoms with Crippen molar-refractivity contribution in [3.8, 4) is 0 Å². The number of carbonyl (C=O) groups excluding carboxylic acids is 2. The number of amides is 1. The minimum Gasteiger partial charge on any atom is -0.465 e. The molecule has 6 nitrogen and oxygen atoms in total. The monoisotopic (exact) mass is 347 g/mol. The summed E-state index contributed by atoms with van der Waals surface area (Å²) in [7, 11) is -2.12. The number of carbonyl (C=O) groups is 2. The Morgan fingerprint density at radius 3 is 2.38 bits per heavy atom. The molecule has 0 radical (unpaired) electrons. The van der Waals surface area contributed by atoms with Crippen LogP contribution in [0.2, 0.25) is 0 Å². The summed E-state index contributed by atoms with van der Waals surface area (Å²) in [4.78, 5) is 24.1. The van der Waals surface area contributed by atoms with E-state index in [2.05, 4.69) is 5.32 Å². The van der Waals surface area contributed by atoms with Crippen molar-refractivity contribution in [2.24, 2.45) is 0 Å². The second kappa shape index (κ2) is 6.84. The summed E-state index contributed by atoms with van der Waals surface area (Å²) >= 11 is 0. The third kappa shape index (κ3) is 3.80. The Balaban J connectivity index is 2.33. The summed E-state index contributed by atoms with van der Waals surface area (Å²) < 4.78 is 27.9. The summed E-state index contributed by atoms with van der Waals surface area (Å²) in [5.41, 5.74) is 1.57. The summed E-state index contributed by atoms with van der Waals surface area (Å²) in [6, 6.07) is 10.6. The molecule has 2 aromatic carbocycles. The second-order valence-corrected chi connectivity index (χ2v) is 7.24. The third-order valence-corrected chi connectivity index (χ3v) is 4.62. The zero-order valence-corrected chi connectivity index (χ0v) is 14.3. The minimum absolute atomic E-state index is 0.0650. The van der Waals surface area contributed by atoms with Crippen molar-refractivity contribution in [2.75, 3.05) is 18.7 Å². The fourth-order valence-corrected chi connectivity index (χ4v) is 2.83. The van der Waals surface area contributed by atoms with Gasteiger partial charge in [0.15, 0.2) is 9.84 Å². The molecule has 0 aliphatic carbocycles. The van der Waals surface area contributed by atoms with Gasteiger partial charge < -0.3 is 10.1 Å². The van der Waals surface area contributed by atoms with Gasteiger partial charge in [0.25, 0.3) is 5.91 Å². The van der Waals surface area contributed by atoms with E-state index in [1.54, 1.807) is 25.1 Å². The van der Waals surface area contributed by atoms with E-state index in [9.17, 15) is 18.0 Å². The molecule has 0 bridgehead atoms. The molecule has 0 heterocycles. The van der Waals surface area contributed by atoms with E-state index in [4.69, 9.17) is 4.74 Å². The lowest BCUT2D eigenvalue weighted by atomic mass is 10.1. The molecule has 0 atom stereocenters. The standard InChI is InChI=1S/C17H17NO5S/c1-11-14(17(20)23-2)8-5-9-15(11)18-16(19)12-6-4-7-13(10-12)24(3,21)22/h4-10H,1-3H3,(H,18,19). The molecule has 7 heteroatoms. The van der Waals surface area contributed by atoms with Crippen molar-refractivity contribution < 1.29 is 22.7 Å². The number of benzene rings is 2. The maximum atomic E-state index is 12.4. The van der Waals surface area contributed by atoms with Gasteiger partial charge in [0.05, 0.1) is 17.6 Å². The van der Waals surface area contributed by atoms with Gasteiger partial charge in [-0.2, -0.15) is 0 Å². The topological polar surface area (TPSA) is 89.5 Å². The Labute approximate surface area is 140 Å². The van der Waals surface area contributed by atoms with E-state index in [0.29, 0.717) is 16.8 Å². The molecule has 0 fully saturated rings. The molecule has 1 N–H and O–H groups in total. The number of hydrogen-bond donors (Lipinski definition) is 1. The van der Waals surface area contributed by atoms with Crippen LogP contribution in [0.1, 0.15) is 26.3 Å². The van der Waals surface area contributed by atoms with Crippen LogP contribution in [0.3, 0.4) is 0 Å². The Hall–Kier alpha value is -2.67. The molecule has 0 saturated heterocycles. The average Bonchev–Trinajstić information content (AvgIpc) is 2.55. The zero-order valence-electron chi connectivity index (χ0n) is 13.5. The maximum absolute atomic E-state index is 12.4. The van der Waals surface area contributed by atoms with Crippen LogP contribution in [0.25, 0.3) is 0 Å². The lowest BCUT2D eigenvalue weighted by Crippen LogP contribution is -2.15. The van der Waals surface area contributed by atoms with Crippen LogP contribution >= 0.6 is 0 Å². The van der Waals surface area contributed by atoms with Crippen molar-refractivity contribution in [1.82, 2.24) is 0 Å². The van der Waals surface area contributed by atoms with E-state index < -0.39 is 21.7 Å². The highest BCUT2D eigenvalue weighted by Gasteiger charge is 2.15. The first-order valence-electron chi connectivity index (χ1n) is 7.03. The average molecular weight is 347 g/mol. The van der Waals surface area contributed by atoms with Crippen molar-refractivity contribution in [2.45, 2.75) is 11.8 Å². The van der Waals surface area contributed by atoms with Crippen molar-refractivity contribution >= 4 is 27.4 Å². The summed E-state index contributed by atoms with van der Waals surface area (Å²) in [6.07, 6.45) is 1.08. The van der Waals surface area contributed by atoms with Gasteiger partial charge in [-0.25, -0.2) is 13.2 Å². The highest BCUT2D eigenvalue weighted by Crippen LogP contribution is 2.21. The number of sulfone groups is 1. The Kier molecular flexibility index (Phi) is 5.04. The van der Waals surface area contributed by atoms with E-state index in [0.717, 1.165) is 6.26 Å². The van der Waals surface area contributed by atoms with Gasteiger partial charge in [0.2, 0.25) is 0 Å². The number of anilines is 1. The molecule has 0 aliphatic heterocycles. The van der Waals surface area contributed by atoms with Gasteiger partial charge in [0, 0.05) is 17.5 Å². The van der Waals surface area contributed by atoms with Crippen molar-refractivity contribution in [3.63, 3.8) is 0 Å². The Morgan fingerprint density at radius 2 is 1.75 bits per heavy atom. The first kappa shape index (κ1) is 17.7. The molecule has 0 unspecified atom stereocenters. The van der Waals surface area contributed by atoms with Crippen LogP contribution < -0.4 is 5.32 Å². The van der Waals surface area contributed by atoms with Crippen LogP contribution in [0.5, 0.6) is 0 Å². The highest BCUT2D eigenvalue weighted by atomic mass is 32.2. The molecule has 0 saturated carbocycles. The van der Waals surface area contributed by atoms with Crippen LogP contribution in [-0.2, 0) is 14.6 Å². The van der Waals surface area contributed by atoms with E-state index in [1.165, 1.54) is 31.4 Å². The first-order chi connectivity index (χ1) is 11.2. The summed E-state index contributed by atoms with van der Waals surface area (Å²) in [5, 5.41) is 2.68. The quantitative estimate of drug-likeness (QED) is 0.858. The van der Waals surface area contributed by atoms with E-state index in [1.807, 2.05) is 0 Å². The number of ether oxygens (including phenoxy) is 1. The third-order valence-electron chi connectivity index (χ3n) is 3.51. The molecule has 0 aromatic heterocycles. The van der Waals surface area contributed by atoms with Crippen molar-refractivity contribution in [1.29, 1.82) is 0 Å². The second-order valence-electron chi connectivity index (χ2n) is 5.22. The first-order valence-corrected chi connectivity index (χ1v) is 8.92. The predicted molar refractivity (Wildman–Crippen MR) is 90.0 cm³/mol. The zero-order chi connectivity index (χ0) is 17.9. The van der Waals surface area contributed by atoms with Gasteiger partial charge in [-0.05, 0) is 42.8 Å². The molecule has 2 rings (SSSR count). The Morgan fingerprint density at radius 1 is 1.08 bits per heavy atom. The van der Waals surface area contributed by atoms with Gasteiger partial charge >= 0.3 is 5.97 Å². The molecule has 24 heavy (non-hydrogen) atoms. The van der Waals surface area contributed by atoms with Crippen LogP contribution in [0.15, 0.2) is 47.4 Å². The van der Waals surface area contributed by atoms with Gasteiger partial charge in [-0.3, -0.25) is 4.79 Å². The highest BCUT2D eigenvalue weighted by molar-refractivity contribution is 7.90. The number of rotatable bonds is 4. The molecule has 0 aliphatic rings. The molecule has 2 aromatic rings. The molecule has 1 amide bonds. The van der Waals surface area contributed by atoms with Crippen LogP contribution in [-0.4, -0.2) is 33.7 Å². The molecular formula is C17H17NO5S. The fourth-order valence-electron chi connectivity index (χ4n) is 2.16. The summed E-state index contributed by atoms with van der Waals surface area (Å²) in [5.74, 6) is -0.965. The number of esters is 1. The number of nitrogens with one attached hydrogen (secondary N) is 1. The fraction of sp³-hybridized carbons (Fsp3) is 0.176. The van der Waals surface area contributed by atoms with Gasteiger partial charge in [-0.1, -0.05) is 12.1 Å². The van der Waals surface area contributed by atoms with Crippen LogP contribution in [0, 0.1) is 6.92 Å². The molecule has 0 spiro atoms.